The van der Waals surface area contributed by atoms with Crippen LogP contribution in [-0.4, -0.2) is 17.6 Å². The summed E-state index contributed by atoms with van der Waals surface area (Å²) in [5.74, 6) is -0.713. The van der Waals surface area contributed by atoms with Crippen molar-refractivity contribution in [3.63, 3.8) is 0 Å². The van der Waals surface area contributed by atoms with Gasteiger partial charge >= 0.3 is 5.97 Å². The van der Waals surface area contributed by atoms with E-state index in [9.17, 15) is 10.0 Å². The van der Waals surface area contributed by atoms with Crippen molar-refractivity contribution in [2.75, 3.05) is 6.61 Å². The van der Waals surface area contributed by atoms with Gasteiger partial charge in [0, 0.05) is 13.0 Å². The highest BCUT2D eigenvalue weighted by Gasteiger charge is 2.44. The van der Waals surface area contributed by atoms with E-state index in [0.717, 1.165) is 0 Å². The van der Waals surface area contributed by atoms with E-state index in [0.29, 0.717) is 5.70 Å². The Morgan fingerprint density at radius 2 is 2.43 bits per heavy atom. The maximum atomic E-state index is 11.6. The summed E-state index contributed by atoms with van der Waals surface area (Å²) in [5.41, 5.74) is 0.454. The van der Waals surface area contributed by atoms with Gasteiger partial charge in [0.25, 0.3) is 5.00 Å². The summed E-state index contributed by atoms with van der Waals surface area (Å²) in [7, 11) is 0. The molecule has 5 heteroatoms. The Morgan fingerprint density at radius 3 is 3.00 bits per heavy atom. The molecule has 1 N–H and O–H groups in total. The number of esters is 1. The van der Waals surface area contributed by atoms with Gasteiger partial charge in [-0.05, 0) is 24.6 Å². The normalized spacial score (nSPS) is 31.1. The number of allylic oxidation sites excluding steroid dienone is 3. The predicted octanol–water partition coefficient (Wildman–Crippen LogP) is 0.341. The Labute approximate surface area is 87.4 Å². The number of carbonyl (C=O) groups is 1. The molecule has 1 heterocycles. The van der Waals surface area contributed by atoms with Crippen molar-refractivity contribution in [1.82, 2.24) is 0 Å². The van der Waals surface area contributed by atoms with Gasteiger partial charge in [0.2, 0.25) is 0 Å². The van der Waals surface area contributed by atoms with Crippen LogP contribution in [0.25, 0.3) is 0 Å². The minimum atomic E-state index is -1.66. The van der Waals surface area contributed by atoms with Crippen molar-refractivity contribution in [3.8, 4) is 0 Å². The molecule has 0 aromatic heterocycles. The van der Waals surface area contributed by atoms with Gasteiger partial charge in [-0.3, -0.25) is 0 Å². The largest absolute Gasteiger partial charge is 0.627 e. The van der Waals surface area contributed by atoms with E-state index < -0.39 is 16.0 Å². The third-order valence-electron chi connectivity index (χ3n) is 1.93. The van der Waals surface area contributed by atoms with Crippen molar-refractivity contribution < 1.29 is 14.6 Å². The molecule has 0 aromatic rings. The van der Waals surface area contributed by atoms with Crippen LogP contribution in [0.15, 0.2) is 23.9 Å². The van der Waals surface area contributed by atoms with Gasteiger partial charge in [-0.1, -0.05) is 6.08 Å². The second-order valence-corrected chi connectivity index (χ2v) is 3.57. The van der Waals surface area contributed by atoms with Crippen LogP contribution < -0.4 is 5.06 Å². The van der Waals surface area contributed by atoms with Gasteiger partial charge in [-0.25, -0.2) is 4.79 Å². The van der Waals surface area contributed by atoms with Crippen LogP contribution in [0.4, 0.5) is 0 Å². The van der Waals surface area contributed by atoms with Gasteiger partial charge in [-0.15, -0.1) is 0 Å². The Morgan fingerprint density at radius 1 is 1.79 bits per heavy atom. The summed E-state index contributed by atoms with van der Waals surface area (Å²) >= 11 is 5.90. The fraction of sp³-hybridized carbons (Fsp3) is 0.444. The summed E-state index contributed by atoms with van der Waals surface area (Å²) in [4.78, 5) is 9.76. The Balaban J connectivity index is 2.90. The summed E-state index contributed by atoms with van der Waals surface area (Å²) in [6, 6.07) is 0. The molecule has 4 nitrogen and oxygen atoms in total. The number of alkyl halides is 1. The van der Waals surface area contributed by atoms with E-state index in [4.69, 9.17) is 16.3 Å². The van der Waals surface area contributed by atoms with E-state index >= 15 is 0 Å². The number of hydrogen-bond acceptors (Lipinski definition) is 3. The zero-order valence-electron chi connectivity index (χ0n) is 8.04. The molecule has 0 saturated carbocycles. The first-order valence-electron chi connectivity index (χ1n) is 4.29. The number of hydroxylamine groups is 2. The lowest BCUT2D eigenvalue weighted by molar-refractivity contribution is -0.831. The van der Waals surface area contributed by atoms with E-state index in [1.54, 1.807) is 26.0 Å². The van der Waals surface area contributed by atoms with Crippen LogP contribution >= 0.6 is 11.6 Å². The molecule has 0 aliphatic carbocycles. The highest BCUT2D eigenvalue weighted by atomic mass is 35.5. The average molecular weight is 218 g/mol. The smallest absolute Gasteiger partial charge is 0.390 e. The van der Waals surface area contributed by atoms with Crippen molar-refractivity contribution in [2.45, 2.75) is 18.8 Å². The Kier molecular flexibility index (Phi) is 3.31. The van der Waals surface area contributed by atoms with E-state index in [-0.39, 0.29) is 6.61 Å². The van der Waals surface area contributed by atoms with Gasteiger partial charge in [0.1, 0.15) is 5.70 Å². The maximum Gasteiger partial charge on any atom is 0.390 e. The third-order valence-corrected chi connectivity index (χ3v) is 2.39. The number of halogens is 1. The van der Waals surface area contributed by atoms with Crippen LogP contribution in [0, 0.1) is 5.21 Å². The first kappa shape index (κ1) is 11.2. The number of rotatable bonds is 2. The quantitative estimate of drug-likeness (QED) is 0.314. The van der Waals surface area contributed by atoms with E-state index in [1.165, 1.54) is 6.08 Å². The molecule has 0 amide bonds. The van der Waals surface area contributed by atoms with E-state index in [2.05, 4.69) is 0 Å². The van der Waals surface area contributed by atoms with Crippen LogP contribution in [-0.2, 0) is 9.53 Å². The van der Waals surface area contributed by atoms with Crippen molar-refractivity contribution in [1.29, 1.82) is 0 Å². The topological polar surface area (TPSA) is 53.8 Å². The predicted molar refractivity (Wildman–Crippen MR) is 52.4 cm³/mol. The molecule has 2 atom stereocenters. The summed E-state index contributed by atoms with van der Waals surface area (Å²) in [6.45, 7) is 3.48. The van der Waals surface area contributed by atoms with Crippen molar-refractivity contribution in [3.05, 3.63) is 29.1 Å². The van der Waals surface area contributed by atoms with Crippen molar-refractivity contribution in [2.24, 2.45) is 0 Å². The number of hydrogen-bond donors (Lipinski definition) is 1. The molecule has 1 rings (SSSR count). The first-order chi connectivity index (χ1) is 6.52. The Hall–Kier alpha value is -0.840. The molecule has 78 valence electrons. The molecule has 1 aliphatic heterocycles. The number of carbonyl (C=O) groups excluding carboxylic acids is 1. The minimum absolute atomic E-state index is 0.206. The summed E-state index contributed by atoms with van der Waals surface area (Å²) in [6.07, 6.45) is 4.55. The van der Waals surface area contributed by atoms with Crippen LogP contribution in [0.1, 0.15) is 13.8 Å². The monoisotopic (exact) mass is 217 g/mol. The van der Waals surface area contributed by atoms with Crippen LogP contribution in [0.3, 0.4) is 0 Å². The highest BCUT2D eigenvalue weighted by Crippen LogP contribution is 2.15. The first-order valence-corrected chi connectivity index (χ1v) is 4.67. The standard InChI is InChI=1S/C9H12ClNO3/c1-3-14-8(12)9(10)6-4-5-7(2)11(9)13/h4-6,11H,3H2,1-2H3. The zero-order valence-corrected chi connectivity index (χ0v) is 8.80. The van der Waals surface area contributed by atoms with Crippen LogP contribution in [0.5, 0.6) is 0 Å². The van der Waals surface area contributed by atoms with Gasteiger partial charge in [0.15, 0.2) is 0 Å². The fourth-order valence-electron chi connectivity index (χ4n) is 1.16. The van der Waals surface area contributed by atoms with Gasteiger partial charge < -0.3 is 15.0 Å². The number of nitrogens with one attached hydrogen (secondary N) is 1. The van der Waals surface area contributed by atoms with Gasteiger partial charge in [-0.2, -0.15) is 0 Å². The second-order valence-electron chi connectivity index (χ2n) is 2.97. The fourth-order valence-corrected chi connectivity index (χ4v) is 1.44. The molecule has 0 radical (unpaired) electrons. The molecule has 0 spiro atoms. The summed E-state index contributed by atoms with van der Waals surface area (Å²) in [5, 5.41) is 11.2. The maximum absolute atomic E-state index is 11.6. The Bertz CT molecular complexity index is 300. The van der Waals surface area contributed by atoms with Gasteiger partial charge in [0.05, 0.1) is 6.61 Å². The average Bonchev–Trinajstić information content (AvgIpc) is 2.14. The molecule has 0 saturated heterocycles. The number of ether oxygens (including phenoxy) is 1. The molecule has 1 aliphatic rings. The number of quaternary nitrogens is 1. The second kappa shape index (κ2) is 4.13. The third kappa shape index (κ3) is 1.82. The summed E-state index contributed by atoms with van der Waals surface area (Å²) < 4.78 is 4.73. The lowest BCUT2D eigenvalue weighted by atomic mass is 10.1. The van der Waals surface area contributed by atoms with E-state index in [1.807, 2.05) is 0 Å². The molecule has 14 heavy (non-hydrogen) atoms. The molecular weight excluding hydrogens is 206 g/mol. The highest BCUT2D eigenvalue weighted by molar-refractivity contribution is 6.34. The lowest BCUT2D eigenvalue weighted by Crippen LogP contribution is -3.14. The zero-order chi connectivity index (χ0) is 10.8. The SMILES string of the molecule is CCOC(=O)C1(Cl)C=CC=C(C)[NH+]1[O-]. The molecule has 0 aromatic carbocycles. The molecule has 2 unspecified atom stereocenters. The molecule has 0 fully saturated rings. The minimum Gasteiger partial charge on any atom is -0.627 e. The lowest BCUT2D eigenvalue weighted by Gasteiger charge is -2.35. The molecular formula is C9H12ClNO3. The van der Waals surface area contributed by atoms with Crippen LogP contribution in [0.2, 0.25) is 0 Å². The van der Waals surface area contributed by atoms with Crippen molar-refractivity contribution >= 4 is 17.6 Å². The molecule has 0 bridgehead atoms.